The number of unbranched alkanes of at least 4 members (excludes halogenated alkanes) is 14. The van der Waals surface area contributed by atoms with Crippen LogP contribution in [0.1, 0.15) is 142 Å². The van der Waals surface area contributed by atoms with Crippen LogP contribution in [0, 0.1) is 0 Å². The lowest BCUT2D eigenvalue weighted by atomic mass is 10.1. The van der Waals surface area contributed by atoms with E-state index in [2.05, 4.69) is 86.8 Å². The van der Waals surface area contributed by atoms with Crippen LogP contribution < -0.4 is 0 Å². The second-order valence-electron chi connectivity index (χ2n) is 10.2. The first kappa shape index (κ1) is 39.5. The zero-order valence-corrected chi connectivity index (χ0v) is 25.8. The number of rotatable bonds is 26. The van der Waals surface area contributed by atoms with Crippen molar-refractivity contribution in [3.8, 4) is 0 Å². The molecule has 4 nitrogen and oxygen atoms in total. The number of allylic oxidation sites excluding steroid dienone is 12. The van der Waals surface area contributed by atoms with Gasteiger partial charge in [0.15, 0.2) is 0 Å². The van der Waals surface area contributed by atoms with Crippen LogP contribution in [0.2, 0.25) is 0 Å². The Balaban J connectivity index is 0. The van der Waals surface area contributed by atoms with Gasteiger partial charge in [-0.2, -0.15) is 0 Å². The van der Waals surface area contributed by atoms with E-state index in [0.29, 0.717) is 12.8 Å². The zero-order valence-electron chi connectivity index (χ0n) is 25.8. The van der Waals surface area contributed by atoms with Crippen LogP contribution in [0.25, 0.3) is 0 Å². The van der Waals surface area contributed by atoms with Crippen molar-refractivity contribution < 1.29 is 19.8 Å². The Labute approximate surface area is 246 Å². The second kappa shape index (κ2) is 36.4. The summed E-state index contributed by atoms with van der Waals surface area (Å²) in [5.41, 5.74) is 0. The van der Waals surface area contributed by atoms with Crippen molar-refractivity contribution in [3.63, 3.8) is 0 Å². The summed E-state index contributed by atoms with van der Waals surface area (Å²) in [7, 11) is 0. The maximum absolute atomic E-state index is 10.3. The lowest BCUT2D eigenvalue weighted by molar-refractivity contribution is -0.138. The normalized spacial score (nSPS) is 12.1. The average Bonchev–Trinajstić information content (AvgIpc) is 2.93. The second-order valence-corrected chi connectivity index (χ2v) is 10.2. The molecule has 0 aliphatic carbocycles. The molecule has 0 amide bonds. The van der Waals surface area contributed by atoms with Crippen LogP contribution in [-0.4, -0.2) is 22.2 Å². The molecule has 0 rings (SSSR count). The molecule has 0 atom stereocenters. The van der Waals surface area contributed by atoms with E-state index in [1.165, 1.54) is 64.2 Å². The van der Waals surface area contributed by atoms with Crippen LogP contribution in [0.15, 0.2) is 72.9 Å². The molecule has 228 valence electrons. The molecule has 40 heavy (non-hydrogen) atoms. The lowest BCUT2D eigenvalue weighted by Crippen LogP contribution is -1.93. The molecule has 0 aromatic carbocycles. The lowest BCUT2D eigenvalue weighted by Gasteiger charge is -1.97. The third kappa shape index (κ3) is 42.5. The number of aliphatic carboxylic acids is 2. The Bertz CT molecular complexity index is 663. The molecule has 2 N–H and O–H groups in total. The molecule has 0 aromatic heterocycles. The Morgan fingerprint density at radius 3 is 0.975 bits per heavy atom. The summed E-state index contributed by atoms with van der Waals surface area (Å²) in [5.74, 6) is -1.35. The average molecular weight is 557 g/mol. The first-order valence-corrected chi connectivity index (χ1v) is 15.9. The maximum Gasteiger partial charge on any atom is 0.303 e. The van der Waals surface area contributed by atoms with Gasteiger partial charge in [-0.1, -0.05) is 151 Å². The third-order valence-corrected chi connectivity index (χ3v) is 6.18. The Kier molecular flexibility index (Phi) is 35.9. The van der Waals surface area contributed by atoms with Crippen molar-refractivity contribution >= 4 is 11.9 Å². The first-order valence-electron chi connectivity index (χ1n) is 15.9. The summed E-state index contributed by atoms with van der Waals surface area (Å²) in [6.07, 6.45) is 46.7. The van der Waals surface area contributed by atoms with Crippen molar-refractivity contribution in [3.05, 3.63) is 72.9 Å². The van der Waals surface area contributed by atoms with E-state index in [4.69, 9.17) is 10.2 Å². The Hall–Kier alpha value is -2.62. The Morgan fingerprint density at radius 2 is 0.675 bits per heavy atom. The van der Waals surface area contributed by atoms with Gasteiger partial charge in [-0.25, -0.2) is 0 Å². The molecule has 0 saturated heterocycles. The molecule has 0 aliphatic heterocycles. The number of hydrogen-bond acceptors (Lipinski definition) is 2. The fourth-order valence-electron chi connectivity index (χ4n) is 3.74. The monoisotopic (exact) mass is 556 g/mol. The van der Waals surface area contributed by atoms with Crippen molar-refractivity contribution in [2.75, 3.05) is 0 Å². The molecule has 0 heterocycles. The molecular formula is C36H60O4. The van der Waals surface area contributed by atoms with Gasteiger partial charge >= 0.3 is 11.9 Å². The maximum atomic E-state index is 10.3. The summed E-state index contributed by atoms with van der Waals surface area (Å²) in [4.78, 5) is 20.6. The molecule has 0 radical (unpaired) electrons. The van der Waals surface area contributed by atoms with Gasteiger partial charge in [0, 0.05) is 12.8 Å². The SMILES string of the molecule is CCCC/C=C/C=C/C=C/CCCCCCCC(=O)O.CCCCC=CC=CC=CCCCCCCCC(=O)O. The number of carboxylic acid groups (broad SMARTS) is 2. The van der Waals surface area contributed by atoms with E-state index in [0.717, 1.165) is 51.4 Å². The van der Waals surface area contributed by atoms with Gasteiger partial charge < -0.3 is 10.2 Å². The van der Waals surface area contributed by atoms with Crippen molar-refractivity contribution in [2.45, 2.75) is 142 Å². The van der Waals surface area contributed by atoms with Crippen molar-refractivity contribution in [2.24, 2.45) is 0 Å². The molecule has 4 heteroatoms. The molecule has 0 saturated carbocycles. The van der Waals surface area contributed by atoms with Gasteiger partial charge in [0.1, 0.15) is 0 Å². The van der Waals surface area contributed by atoms with E-state index in [1.54, 1.807) is 0 Å². The fourth-order valence-corrected chi connectivity index (χ4v) is 3.74. The van der Waals surface area contributed by atoms with Gasteiger partial charge in [0.25, 0.3) is 0 Å². The van der Waals surface area contributed by atoms with E-state index in [9.17, 15) is 9.59 Å². The molecule has 0 aliphatic rings. The zero-order chi connectivity index (χ0) is 29.8. The summed E-state index contributed by atoms with van der Waals surface area (Å²) in [5, 5.41) is 17.0. The van der Waals surface area contributed by atoms with Crippen LogP contribution in [0.4, 0.5) is 0 Å². The van der Waals surface area contributed by atoms with Crippen molar-refractivity contribution in [1.29, 1.82) is 0 Å². The van der Waals surface area contributed by atoms with Gasteiger partial charge in [-0.3, -0.25) is 9.59 Å². The highest BCUT2D eigenvalue weighted by Crippen LogP contribution is 2.08. The predicted octanol–water partition coefficient (Wildman–Crippen LogP) is 11.3. The molecule has 0 fully saturated rings. The highest BCUT2D eigenvalue weighted by molar-refractivity contribution is 5.66. The Morgan fingerprint density at radius 1 is 0.400 bits per heavy atom. The van der Waals surface area contributed by atoms with E-state index in [-0.39, 0.29) is 0 Å². The standard InChI is InChI=1S/2C18H30O2/c2*1-2-3-4-5-6-7-8-9-10-11-12-13-14-15-16-17-18(19)20/h2*5-10H,2-4,11-17H2,1H3,(H,19,20)/b6-5+,8-7+,10-9+;. The minimum Gasteiger partial charge on any atom is -0.481 e. The topological polar surface area (TPSA) is 74.6 Å². The summed E-state index contributed by atoms with van der Waals surface area (Å²) in [6.45, 7) is 4.41. The molecule has 0 bridgehead atoms. The summed E-state index contributed by atoms with van der Waals surface area (Å²) >= 11 is 0. The fraction of sp³-hybridized carbons (Fsp3) is 0.611. The highest BCUT2D eigenvalue weighted by Gasteiger charge is 1.96. The minimum absolute atomic E-state index is 0.316. The molecule has 0 aromatic rings. The predicted molar refractivity (Wildman–Crippen MR) is 174 cm³/mol. The summed E-state index contributed by atoms with van der Waals surface area (Å²) in [6, 6.07) is 0. The van der Waals surface area contributed by atoms with Gasteiger partial charge in [-0.05, 0) is 51.4 Å². The van der Waals surface area contributed by atoms with Crippen molar-refractivity contribution in [1.82, 2.24) is 0 Å². The van der Waals surface area contributed by atoms with Crippen LogP contribution in [0.5, 0.6) is 0 Å². The largest absolute Gasteiger partial charge is 0.481 e. The number of hydrogen-bond donors (Lipinski definition) is 2. The van der Waals surface area contributed by atoms with Gasteiger partial charge in [0.05, 0.1) is 0 Å². The molecule has 0 spiro atoms. The van der Waals surface area contributed by atoms with E-state index >= 15 is 0 Å². The van der Waals surface area contributed by atoms with Crippen LogP contribution >= 0.6 is 0 Å². The van der Waals surface area contributed by atoms with E-state index in [1.807, 2.05) is 0 Å². The van der Waals surface area contributed by atoms with E-state index < -0.39 is 11.9 Å². The minimum atomic E-state index is -0.677. The highest BCUT2D eigenvalue weighted by atomic mass is 16.4. The smallest absolute Gasteiger partial charge is 0.303 e. The quantitative estimate of drug-likeness (QED) is 0.0820. The number of carbonyl (C=O) groups is 2. The van der Waals surface area contributed by atoms with Gasteiger partial charge in [-0.15, -0.1) is 0 Å². The molecular weight excluding hydrogens is 496 g/mol. The molecule has 0 unspecified atom stereocenters. The number of carboxylic acids is 2. The van der Waals surface area contributed by atoms with Crippen LogP contribution in [-0.2, 0) is 9.59 Å². The summed E-state index contributed by atoms with van der Waals surface area (Å²) < 4.78 is 0. The van der Waals surface area contributed by atoms with Gasteiger partial charge in [0.2, 0.25) is 0 Å². The van der Waals surface area contributed by atoms with Crippen LogP contribution in [0.3, 0.4) is 0 Å². The third-order valence-electron chi connectivity index (χ3n) is 6.18. The first-order chi connectivity index (χ1) is 19.5.